The second-order valence-electron chi connectivity index (χ2n) is 4.63. The summed E-state index contributed by atoms with van der Waals surface area (Å²) >= 11 is 5.98. The second kappa shape index (κ2) is 7.57. The van der Waals surface area contributed by atoms with Gasteiger partial charge >= 0.3 is 0 Å². The van der Waals surface area contributed by atoms with Crippen LogP contribution in [0.5, 0.6) is 0 Å². The van der Waals surface area contributed by atoms with Crippen molar-refractivity contribution >= 4 is 17.3 Å². The Balaban J connectivity index is 2.31. The van der Waals surface area contributed by atoms with Gasteiger partial charge in [0, 0.05) is 12.6 Å². The summed E-state index contributed by atoms with van der Waals surface area (Å²) in [5.74, 6) is 0. The molecule has 2 nitrogen and oxygen atoms in total. The Labute approximate surface area is 110 Å². The third-order valence-electron chi connectivity index (χ3n) is 2.96. The van der Waals surface area contributed by atoms with E-state index in [2.05, 4.69) is 19.2 Å². The molecule has 0 bridgehead atoms. The average Bonchev–Trinajstić information content (AvgIpc) is 2.31. The number of nitrogens with two attached hydrogens (primary N) is 1. The van der Waals surface area contributed by atoms with Crippen molar-refractivity contribution in [2.45, 2.75) is 52.1 Å². The lowest BCUT2D eigenvalue weighted by Gasteiger charge is -2.14. The maximum atomic E-state index is 5.98. The Bertz CT molecular complexity index is 339. The van der Waals surface area contributed by atoms with Crippen LogP contribution in [-0.4, -0.2) is 6.04 Å². The van der Waals surface area contributed by atoms with E-state index in [0.29, 0.717) is 16.8 Å². The molecular formula is C14H23ClN2. The summed E-state index contributed by atoms with van der Waals surface area (Å²) < 4.78 is 0. The number of unbranched alkanes of at least 4 members (excludes halogenated alkanes) is 2. The molecule has 1 aromatic carbocycles. The normalized spacial score (nSPS) is 12.6. The molecule has 1 unspecified atom stereocenters. The van der Waals surface area contributed by atoms with Gasteiger partial charge in [0.15, 0.2) is 0 Å². The van der Waals surface area contributed by atoms with Crippen molar-refractivity contribution in [3.8, 4) is 0 Å². The number of benzene rings is 1. The fourth-order valence-electron chi connectivity index (χ4n) is 1.78. The van der Waals surface area contributed by atoms with E-state index < -0.39 is 0 Å². The summed E-state index contributed by atoms with van der Waals surface area (Å²) in [6.45, 7) is 5.32. The van der Waals surface area contributed by atoms with E-state index >= 15 is 0 Å². The zero-order valence-corrected chi connectivity index (χ0v) is 11.6. The van der Waals surface area contributed by atoms with Crippen molar-refractivity contribution in [3.05, 3.63) is 28.8 Å². The van der Waals surface area contributed by atoms with Gasteiger partial charge in [-0.2, -0.15) is 0 Å². The predicted octanol–water partition coefficient (Wildman–Crippen LogP) is 3.98. The van der Waals surface area contributed by atoms with Gasteiger partial charge in [-0.3, -0.25) is 0 Å². The number of anilines is 1. The van der Waals surface area contributed by atoms with Gasteiger partial charge < -0.3 is 11.1 Å². The zero-order valence-electron chi connectivity index (χ0n) is 10.8. The summed E-state index contributed by atoms with van der Waals surface area (Å²) in [5, 5.41) is 4.15. The van der Waals surface area contributed by atoms with Crippen LogP contribution in [0, 0.1) is 0 Å². The fourth-order valence-corrected chi connectivity index (χ4v) is 1.98. The van der Waals surface area contributed by atoms with Crippen LogP contribution in [0.15, 0.2) is 18.2 Å². The molecular weight excluding hydrogens is 232 g/mol. The molecule has 0 spiro atoms. The molecule has 1 aromatic rings. The summed E-state index contributed by atoms with van der Waals surface area (Å²) in [4.78, 5) is 0. The standard InChI is InChI=1S/C14H23ClN2/c1-3-4-5-6-11(2)17-10-12-7-8-14(16)13(15)9-12/h7-9,11,17H,3-6,10,16H2,1-2H3. The van der Waals surface area contributed by atoms with Gasteiger partial charge in [-0.15, -0.1) is 0 Å². The van der Waals surface area contributed by atoms with Crippen LogP contribution in [0.1, 0.15) is 45.1 Å². The van der Waals surface area contributed by atoms with Crippen molar-refractivity contribution in [2.24, 2.45) is 0 Å². The lowest BCUT2D eigenvalue weighted by molar-refractivity contribution is 0.487. The van der Waals surface area contributed by atoms with Gasteiger partial charge in [-0.25, -0.2) is 0 Å². The highest BCUT2D eigenvalue weighted by molar-refractivity contribution is 6.33. The molecule has 1 rings (SSSR count). The van der Waals surface area contributed by atoms with Crippen LogP contribution in [-0.2, 0) is 6.54 Å². The van der Waals surface area contributed by atoms with Crippen molar-refractivity contribution in [1.29, 1.82) is 0 Å². The molecule has 3 heteroatoms. The molecule has 17 heavy (non-hydrogen) atoms. The average molecular weight is 255 g/mol. The SMILES string of the molecule is CCCCCC(C)NCc1ccc(N)c(Cl)c1. The third-order valence-corrected chi connectivity index (χ3v) is 3.29. The highest BCUT2D eigenvalue weighted by atomic mass is 35.5. The summed E-state index contributed by atoms with van der Waals surface area (Å²) in [6, 6.07) is 6.37. The first kappa shape index (κ1) is 14.3. The monoisotopic (exact) mass is 254 g/mol. The van der Waals surface area contributed by atoms with Crippen LogP contribution >= 0.6 is 11.6 Å². The number of halogens is 1. The van der Waals surface area contributed by atoms with Gasteiger partial charge in [0.1, 0.15) is 0 Å². The summed E-state index contributed by atoms with van der Waals surface area (Å²) in [7, 11) is 0. The maximum Gasteiger partial charge on any atom is 0.0638 e. The van der Waals surface area contributed by atoms with E-state index in [4.69, 9.17) is 17.3 Å². The smallest absolute Gasteiger partial charge is 0.0638 e. The van der Waals surface area contributed by atoms with Gasteiger partial charge in [0.2, 0.25) is 0 Å². The van der Waals surface area contributed by atoms with Crippen LogP contribution < -0.4 is 11.1 Å². The molecule has 0 saturated heterocycles. The summed E-state index contributed by atoms with van der Waals surface area (Å²) in [6.07, 6.45) is 5.13. The number of nitrogens with one attached hydrogen (secondary N) is 1. The van der Waals surface area contributed by atoms with Crippen molar-refractivity contribution in [3.63, 3.8) is 0 Å². The molecule has 0 aliphatic heterocycles. The number of hydrogen-bond donors (Lipinski definition) is 2. The Morgan fingerprint density at radius 3 is 2.76 bits per heavy atom. The molecule has 1 atom stereocenters. The predicted molar refractivity (Wildman–Crippen MR) is 76.3 cm³/mol. The number of nitrogen functional groups attached to an aromatic ring is 1. The maximum absolute atomic E-state index is 5.98. The van der Waals surface area contributed by atoms with Gasteiger partial charge in [0.05, 0.1) is 10.7 Å². The highest BCUT2D eigenvalue weighted by Gasteiger charge is 2.02. The molecule has 3 N–H and O–H groups in total. The van der Waals surface area contributed by atoms with Gasteiger partial charge in [-0.1, -0.05) is 43.9 Å². The van der Waals surface area contributed by atoms with E-state index in [9.17, 15) is 0 Å². The fraction of sp³-hybridized carbons (Fsp3) is 0.571. The lowest BCUT2D eigenvalue weighted by Crippen LogP contribution is -2.25. The third kappa shape index (κ3) is 5.42. The van der Waals surface area contributed by atoms with Crippen molar-refractivity contribution < 1.29 is 0 Å². The van der Waals surface area contributed by atoms with Crippen molar-refractivity contribution in [2.75, 3.05) is 5.73 Å². The van der Waals surface area contributed by atoms with Gasteiger partial charge in [0.25, 0.3) is 0 Å². The lowest BCUT2D eigenvalue weighted by atomic mass is 10.1. The highest BCUT2D eigenvalue weighted by Crippen LogP contribution is 2.19. The van der Waals surface area contributed by atoms with E-state index in [1.807, 2.05) is 18.2 Å². The van der Waals surface area contributed by atoms with Crippen LogP contribution in [0.4, 0.5) is 5.69 Å². The van der Waals surface area contributed by atoms with Crippen LogP contribution in [0.3, 0.4) is 0 Å². The quantitative estimate of drug-likeness (QED) is 0.571. The first-order chi connectivity index (χ1) is 8.13. The van der Waals surface area contributed by atoms with Gasteiger partial charge in [-0.05, 0) is 31.0 Å². The molecule has 0 heterocycles. The zero-order chi connectivity index (χ0) is 12.7. The topological polar surface area (TPSA) is 38.0 Å². The molecule has 0 aliphatic rings. The molecule has 0 aliphatic carbocycles. The summed E-state index contributed by atoms with van der Waals surface area (Å²) in [5.41, 5.74) is 7.50. The molecule has 0 saturated carbocycles. The Morgan fingerprint density at radius 1 is 1.35 bits per heavy atom. The largest absolute Gasteiger partial charge is 0.398 e. The second-order valence-corrected chi connectivity index (χ2v) is 5.04. The molecule has 0 radical (unpaired) electrons. The molecule has 0 fully saturated rings. The number of rotatable bonds is 7. The molecule has 0 aromatic heterocycles. The number of hydrogen-bond acceptors (Lipinski definition) is 2. The molecule has 0 amide bonds. The van der Waals surface area contributed by atoms with E-state index in [0.717, 1.165) is 6.54 Å². The first-order valence-corrected chi connectivity index (χ1v) is 6.78. The van der Waals surface area contributed by atoms with E-state index in [1.165, 1.54) is 31.2 Å². The Hall–Kier alpha value is -0.730. The van der Waals surface area contributed by atoms with E-state index in [-0.39, 0.29) is 0 Å². The van der Waals surface area contributed by atoms with Crippen LogP contribution in [0.2, 0.25) is 5.02 Å². The Morgan fingerprint density at radius 2 is 2.12 bits per heavy atom. The molecule has 96 valence electrons. The first-order valence-electron chi connectivity index (χ1n) is 6.40. The minimum absolute atomic E-state index is 0.554. The minimum Gasteiger partial charge on any atom is -0.398 e. The minimum atomic E-state index is 0.554. The van der Waals surface area contributed by atoms with Crippen molar-refractivity contribution in [1.82, 2.24) is 5.32 Å². The Kier molecular flexibility index (Phi) is 6.38. The van der Waals surface area contributed by atoms with E-state index in [1.54, 1.807) is 0 Å². The van der Waals surface area contributed by atoms with Crippen LogP contribution in [0.25, 0.3) is 0 Å².